The zero-order valence-electron chi connectivity index (χ0n) is 12.8. The van der Waals surface area contributed by atoms with E-state index in [4.69, 9.17) is 0 Å². The van der Waals surface area contributed by atoms with Crippen LogP contribution in [0.4, 0.5) is 13.2 Å². The van der Waals surface area contributed by atoms with E-state index >= 15 is 0 Å². The summed E-state index contributed by atoms with van der Waals surface area (Å²) in [6.45, 7) is 8.15. The largest absolute Gasteiger partial charge is 0.573 e. The van der Waals surface area contributed by atoms with Gasteiger partial charge < -0.3 is 4.74 Å². The van der Waals surface area contributed by atoms with Gasteiger partial charge in [-0.15, -0.1) is 13.2 Å². The molecule has 1 aromatic rings. The van der Waals surface area contributed by atoms with Crippen LogP contribution in [0.3, 0.4) is 0 Å². The molecule has 0 aliphatic carbocycles. The van der Waals surface area contributed by atoms with Crippen LogP contribution in [0.2, 0.25) is 0 Å². The third-order valence-corrected chi connectivity index (χ3v) is 3.62. The zero-order valence-corrected chi connectivity index (χ0v) is 13.6. The molecule has 0 saturated heterocycles. The standard InChI is InChI=1S/C15H22F3NOS/c1-5-8-12(19-21-14(2,3)4)11-9-6-7-10-13(11)20-15(16,17)18/h6-7,9-10,12,19H,5,8H2,1-4H3. The van der Waals surface area contributed by atoms with Crippen LogP contribution in [0.5, 0.6) is 5.75 Å². The Morgan fingerprint density at radius 1 is 1.19 bits per heavy atom. The monoisotopic (exact) mass is 321 g/mol. The smallest absolute Gasteiger partial charge is 0.405 e. The minimum absolute atomic E-state index is 0.0220. The fraction of sp³-hybridized carbons (Fsp3) is 0.600. The van der Waals surface area contributed by atoms with E-state index in [2.05, 4.69) is 9.46 Å². The molecule has 0 aliphatic rings. The topological polar surface area (TPSA) is 21.3 Å². The molecule has 2 nitrogen and oxygen atoms in total. The molecule has 0 heterocycles. The highest BCUT2D eigenvalue weighted by Gasteiger charge is 2.33. The zero-order chi connectivity index (χ0) is 16.1. The molecule has 1 rings (SSSR count). The Balaban J connectivity index is 2.96. The van der Waals surface area contributed by atoms with Gasteiger partial charge in [0.25, 0.3) is 0 Å². The Hall–Kier alpha value is -0.880. The van der Waals surface area contributed by atoms with Gasteiger partial charge in [-0.2, -0.15) is 0 Å². The van der Waals surface area contributed by atoms with Gasteiger partial charge in [0.1, 0.15) is 5.75 Å². The van der Waals surface area contributed by atoms with Crippen molar-refractivity contribution in [3.8, 4) is 5.75 Å². The number of rotatable bonds is 6. The first kappa shape index (κ1) is 18.2. The van der Waals surface area contributed by atoms with E-state index in [0.29, 0.717) is 5.56 Å². The molecule has 1 aromatic carbocycles. The van der Waals surface area contributed by atoms with Gasteiger partial charge in [0.05, 0.1) is 0 Å². The fourth-order valence-electron chi connectivity index (χ4n) is 1.80. The lowest BCUT2D eigenvalue weighted by atomic mass is 10.0. The maximum absolute atomic E-state index is 12.5. The fourth-order valence-corrected chi connectivity index (χ4v) is 2.54. The molecule has 0 aromatic heterocycles. The Kier molecular flexibility index (Phi) is 6.41. The quantitative estimate of drug-likeness (QED) is 0.703. The third kappa shape index (κ3) is 7.09. The molecule has 0 fully saturated rings. The molecule has 0 amide bonds. The average molecular weight is 321 g/mol. The lowest BCUT2D eigenvalue weighted by molar-refractivity contribution is -0.275. The number of halogens is 3. The second-order valence-electron chi connectivity index (χ2n) is 5.76. The number of para-hydroxylation sites is 1. The molecular weight excluding hydrogens is 299 g/mol. The number of ether oxygens (including phenoxy) is 1. The SMILES string of the molecule is CCCC(NSC(C)(C)C)c1ccccc1OC(F)(F)F. The first-order valence-corrected chi connectivity index (χ1v) is 7.72. The molecule has 1 unspecified atom stereocenters. The summed E-state index contributed by atoms with van der Waals surface area (Å²) in [7, 11) is 0. The summed E-state index contributed by atoms with van der Waals surface area (Å²) in [6, 6.07) is 6.12. The van der Waals surface area contributed by atoms with Crippen LogP contribution in [-0.2, 0) is 0 Å². The van der Waals surface area contributed by atoms with E-state index in [1.807, 2.05) is 27.7 Å². The van der Waals surface area contributed by atoms with E-state index in [1.54, 1.807) is 18.2 Å². The van der Waals surface area contributed by atoms with Gasteiger partial charge in [0.15, 0.2) is 0 Å². The Morgan fingerprint density at radius 3 is 2.33 bits per heavy atom. The van der Waals surface area contributed by atoms with Crippen LogP contribution < -0.4 is 9.46 Å². The highest BCUT2D eigenvalue weighted by Crippen LogP contribution is 2.34. The highest BCUT2D eigenvalue weighted by atomic mass is 32.2. The first-order valence-electron chi connectivity index (χ1n) is 6.90. The van der Waals surface area contributed by atoms with Crippen molar-refractivity contribution in [2.45, 2.75) is 57.7 Å². The summed E-state index contributed by atoms with van der Waals surface area (Å²) >= 11 is 1.52. The number of alkyl halides is 3. The van der Waals surface area contributed by atoms with Gasteiger partial charge in [-0.1, -0.05) is 43.5 Å². The molecule has 0 aliphatic heterocycles. The van der Waals surface area contributed by atoms with Gasteiger partial charge in [-0.3, -0.25) is 4.72 Å². The van der Waals surface area contributed by atoms with Crippen LogP contribution in [0.1, 0.15) is 52.1 Å². The van der Waals surface area contributed by atoms with Gasteiger partial charge in [-0.25, -0.2) is 0 Å². The van der Waals surface area contributed by atoms with E-state index in [-0.39, 0.29) is 16.5 Å². The number of hydrogen-bond donors (Lipinski definition) is 1. The van der Waals surface area contributed by atoms with E-state index < -0.39 is 6.36 Å². The predicted octanol–water partition coefficient (Wildman–Crippen LogP) is 5.46. The molecule has 0 bridgehead atoms. The first-order chi connectivity index (χ1) is 9.62. The molecule has 0 spiro atoms. The Bertz CT molecular complexity index is 443. The van der Waals surface area contributed by atoms with Crippen LogP contribution in [0.15, 0.2) is 24.3 Å². The second kappa shape index (κ2) is 7.40. The number of benzene rings is 1. The van der Waals surface area contributed by atoms with Crippen LogP contribution >= 0.6 is 11.9 Å². The molecule has 1 N–H and O–H groups in total. The molecule has 1 atom stereocenters. The normalized spacial score (nSPS) is 14.0. The van der Waals surface area contributed by atoms with Gasteiger partial charge in [-0.05, 0) is 33.3 Å². The molecule has 6 heteroatoms. The van der Waals surface area contributed by atoms with Crippen molar-refractivity contribution >= 4 is 11.9 Å². The lowest BCUT2D eigenvalue weighted by Crippen LogP contribution is -2.24. The molecule has 0 saturated carbocycles. The summed E-state index contributed by atoms with van der Waals surface area (Å²) in [5, 5.41) is 0. The van der Waals surface area contributed by atoms with E-state index in [0.717, 1.165) is 12.8 Å². The second-order valence-corrected chi connectivity index (χ2v) is 7.42. The minimum Gasteiger partial charge on any atom is -0.405 e. The van der Waals surface area contributed by atoms with Crippen LogP contribution in [-0.4, -0.2) is 11.1 Å². The average Bonchev–Trinajstić information content (AvgIpc) is 2.32. The molecule has 0 radical (unpaired) electrons. The van der Waals surface area contributed by atoms with Crippen molar-refractivity contribution in [1.29, 1.82) is 0 Å². The van der Waals surface area contributed by atoms with Crippen molar-refractivity contribution < 1.29 is 17.9 Å². The van der Waals surface area contributed by atoms with Crippen LogP contribution in [0.25, 0.3) is 0 Å². The minimum atomic E-state index is -4.68. The Morgan fingerprint density at radius 2 is 1.81 bits per heavy atom. The molecule has 120 valence electrons. The maximum Gasteiger partial charge on any atom is 0.573 e. The summed E-state index contributed by atoms with van der Waals surface area (Å²) in [5.41, 5.74) is 0.536. The van der Waals surface area contributed by atoms with Gasteiger partial charge in [0, 0.05) is 16.4 Å². The Labute approximate surface area is 128 Å². The highest BCUT2D eigenvalue weighted by molar-refractivity contribution is 7.98. The summed E-state index contributed by atoms with van der Waals surface area (Å²) in [4.78, 5) is 0. The molecule has 21 heavy (non-hydrogen) atoms. The van der Waals surface area contributed by atoms with Crippen molar-refractivity contribution in [3.05, 3.63) is 29.8 Å². The van der Waals surface area contributed by atoms with Gasteiger partial charge in [0.2, 0.25) is 0 Å². The number of nitrogens with one attached hydrogen (secondary N) is 1. The third-order valence-electron chi connectivity index (χ3n) is 2.60. The van der Waals surface area contributed by atoms with Crippen molar-refractivity contribution in [2.24, 2.45) is 0 Å². The maximum atomic E-state index is 12.5. The molecular formula is C15H22F3NOS. The van der Waals surface area contributed by atoms with E-state index in [1.165, 1.54) is 18.0 Å². The van der Waals surface area contributed by atoms with Crippen LogP contribution in [0, 0.1) is 0 Å². The summed E-state index contributed by atoms with van der Waals surface area (Å²) in [5.74, 6) is -0.134. The van der Waals surface area contributed by atoms with E-state index in [9.17, 15) is 13.2 Å². The van der Waals surface area contributed by atoms with Gasteiger partial charge >= 0.3 is 6.36 Å². The number of hydrogen-bond acceptors (Lipinski definition) is 3. The predicted molar refractivity (Wildman–Crippen MR) is 81.3 cm³/mol. The summed E-state index contributed by atoms with van der Waals surface area (Å²) in [6.07, 6.45) is -3.08. The van der Waals surface area contributed by atoms with Crippen molar-refractivity contribution in [1.82, 2.24) is 4.72 Å². The summed E-state index contributed by atoms with van der Waals surface area (Å²) < 4.78 is 44.9. The van der Waals surface area contributed by atoms with Crippen molar-refractivity contribution in [2.75, 3.05) is 0 Å². The van der Waals surface area contributed by atoms with Crippen molar-refractivity contribution in [3.63, 3.8) is 0 Å². The lowest BCUT2D eigenvalue weighted by Gasteiger charge is -2.25.